The Morgan fingerprint density at radius 3 is 2.38 bits per heavy atom. The molecule has 0 unspecified atom stereocenters. The maximum atomic E-state index is 12.4. The van der Waals surface area contributed by atoms with E-state index in [0.29, 0.717) is 25.1 Å². The third-order valence-corrected chi connectivity index (χ3v) is 4.70. The number of aromatic carboxylic acids is 1. The number of rotatable bonds is 8. The second kappa shape index (κ2) is 9.42. The van der Waals surface area contributed by atoms with Crippen molar-refractivity contribution in [3.63, 3.8) is 0 Å². The molecule has 1 N–H and O–H groups in total. The number of piperidine rings is 1. The molecule has 0 atom stereocenters. The van der Waals surface area contributed by atoms with Crippen LogP contribution in [0, 0.1) is 0 Å². The first kappa shape index (κ1) is 18.5. The van der Waals surface area contributed by atoms with Gasteiger partial charge in [0.25, 0.3) is 0 Å². The molecule has 1 aliphatic heterocycles. The molecule has 24 heavy (non-hydrogen) atoms. The molecule has 5 heteroatoms. The van der Waals surface area contributed by atoms with E-state index < -0.39 is 5.97 Å². The van der Waals surface area contributed by atoms with E-state index in [9.17, 15) is 9.59 Å². The fraction of sp³-hybridized carbons (Fsp3) is 0.579. The lowest BCUT2D eigenvalue weighted by Gasteiger charge is -2.27. The average Bonchev–Trinajstić information content (AvgIpc) is 2.61. The highest BCUT2D eigenvalue weighted by atomic mass is 16.4. The number of hydrogen-bond donors (Lipinski definition) is 1. The molecule has 1 aromatic rings. The molecule has 0 spiro atoms. The van der Waals surface area contributed by atoms with Crippen LogP contribution in [-0.2, 0) is 11.2 Å². The number of carbonyl (C=O) groups excluding carboxylic acids is 1. The summed E-state index contributed by atoms with van der Waals surface area (Å²) in [6, 6.07) is 6.89. The van der Waals surface area contributed by atoms with Crippen LogP contribution in [0.25, 0.3) is 0 Å². The van der Waals surface area contributed by atoms with Crippen LogP contribution in [0.4, 0.5) is 0 Å². The van der Waals surface area contributed by atoms with Gasteiger partial charge in [-0.1, -0.05) is 18.6 Å². The predicted octanol–water partition coefficient (Wildman–Crippen LogP) is 2.65. The normalized spacial score (nSPS) is 15.2. The van der Waals surface area contributed by atoms with Crippen LogP contribution in [0.2, 0.25) is 0 Å². The van der Waals surface area contributed by atoms with Gasteiger partial charge < -0.3 is 14.9 Å². The second-order valence-corrected chi connectivity index (χ2v) is 6.38. The summed E-state index contributed by atoms with van der Waals surface area (Å²) in [6.45, 7) is 6.51. The molecular weight excluding hydrogens is 304 g/mol. The number of carboxylic acid groups (broad SMARTS) is 1. The molecule has 0 saturated carbocycles. The van der Waals surface area contributed by atoms with E-state index in [1.54, 1.807) is 12.1 Å². The molecule has 0 aliphatic carbocycles. The second-order valence-electron chi connectivity index (χ2n) is 6.38. The van der Waals surface area contributed by atoms with Crippen molar-refractivity contribution < 1.29 is 14.7 Å². The summed E-state index contributed by atoms with van der Waals surface area (Å²) in [6.07, 6.45) is 5.15. The van der Waals surface area contributed by atoms with Crippen LogP contribution >= 0.6 is 0 Å². The number of carbonyl (C=O) groups is 2. The van der Waals surface area contributed by atoms with Crippen LogP contribution in [0.5, 0.6) is 0 Å². The highest BCUT2D eigenvalue weighted by molar-refractivity contribution is 5.87. The molecule has 1 amide bonds. The first-order valence-corrected chi connectivity index (χ1v) is 8.92. The Morgan fingerprint density at radius 2 is 1.79 bits per heavy atom. The first-order valence-electron chi connectivity index (χ1n) is 8.92. The van der Waals surface area contributed by atoms with Crippen molar-refractivity contribution in [1.29, 1.82) is 0 Å². The van der Waals surface area contributed by atoms with Crippen molar-refractivity contribution in [1.82, 2.24) is 9.80 Å². The lowest BCUT2D eigenvalue weighted by molar-refractivity contribution is -0.131. The van der Waals surface area contributed by atoms with E-state index in [0.717, 1.165) is 31.6 Å². The van der Waals surface area contributed by atoms with Crippen LogP contribution in [0.3, 0.4) is 0 Å². The third kappa shape index (κ3) is 5.64. The van der Waals surface area contributed by atoms with E-state index >= 15 is 0 Å². The monoisotopic (exact) mass is 332 g/mol. The van der Waals surface area contributed by atoms with Gasteiger partial charge in [0.2, 0.25) is 5.91 Å². The van der Waals surface area contributed by atoms with Gasteiger partial charge in [0.15, 0.2) is 0 Å². The average molecular weight is 332 g/mol. The van der Waals surface area contributed by atoms with Crippen LogP contribution in [0.1, 0.15) is 48.5 Å². The fourth-order valence-corrected chi connectivity index (χ4v) is 3.13. The summed E-state index contributed by atoms with van der Waals surface area (Å²) in [5.41, 5.74) is 1.35. The predicted molar refractivity (Wildman–Crippen MR) is 94.3 cm³/mol. The number of likely N-dealkylation sites (N-methyl/N-ethyl adjacent to an activating group) is 1. The molecule has 0 aromatic heterocycles. The van der Waals surface area contributed by atoms with Crippen LogP contribution in [0.15, 0.2) is 24.3 Å². The molecule has 0 radical (unpaired) electrons. The number of carboxylic acids is 1. The highest BCUT2D eigenvalue weighted by Gasteiger charge is 2.15. The van der Waals surface area contributed by atoms with Crippen molar-refractivity contribution in [3.05, 3.63) is 35.4 Å². The lowest BCUT2D eigenvalue weighted by atomic mass is 10.1. The molecule has 1 heterocycles. The van der Waals surface area contributed by atoms with Gasteiger partial charge in [-0.25, -0.2) is 4.79 Å². The van der Waals surface area contributed by atoms with Gasteiger partial charge in [0.1, 0.15) is 0 Å². The molecule has 5 nitrogen and oxygen atoms in total. The van der Waals surface area contributed by atoms with Crippen molar-refractivity contribution >= 4 is 11.9 Å². The van der Waals surface area contributed by atoms with Crippen LogP contribution in [-0.4, -0.2) is 59.5 Å². The Kier molecular flexibility index (Phi) is 7.25. The van der Waals surface area contributed by atoms with Gasteiger partial charge in [-0.3, -0.25) is 4.79 Å². The number of hydrogen-bond acceptors (Lipinski definition) is 3. The van der Waals surface area contributed by atoms with Gasteiger partial charge in [0.05, 0.1) is 5.56 Å². The molecule has 1 aliphatic rings. The summed E-state index contributed by atoms with van der Waals surface area (Å²) in [5, 5.41) is 8.91. The topological polar surface area (TPSA) is 60.9 Å². The zero-order valence-corrected chi connectivity index (χ0v) is 14.5. The Bertz CT molecular complexity index is 536. The van der Waals surface area contributed by atoms with E-state index in [4.69, 9.17) is 5.11 Å². The Labute approximate surface area is 144 Å². The minimum atomic E-state index is -0.912. The number of nitrogens with zero attached hydrogens (tertiary/aromatic N) is 2. The smallest absolute Gasteiger partial charge is 0.335 e. The number of likely N-dealkylation sites (tertiary alicyclic amines) is 1. The van der Waals surface area contributed by atoms with E-state index in [1.165, 1.54) is 19.3 Å². The zero-order valence-electron chi connectivity index (χ0n) is 14.5. The standard InChI is InChI=1S/C19H28N2O3/c1-2-21(18(22)11-14-20-12-4-3-5-13-20)15-10-16-6-8-17(9-7-16)19(23)24/h6-9H,2-5,10-15H2,1H3,(H,23,24). The quantitative estimate of drug-likeness (QED) is 0.795. The summed E-state index contributed by atoms with van der Waals surface area (Å²) < 4.78 is 0. The van der Waals surface area contributed by atoms with Crippen molar-refractivity contribution in [2.24, 2.45) is 0 Å². The summed E-state index contributed by atoms with van der Waals surface area (Å²) in [4.78, 5) is 27.5. The molecule has 2 rings (SSSR count). The Hall–Kier alpha value is -1.88. The van der Waals surface area contributed by atoms with Crippen molar-refractivity contribution in [2.75, 3.05) is 32.7 Å². The van der Waals surface area contributed by atoms with E-state index in [1.807, 2.05) is 24.0 Å². The SMILES string of the molecule is CCN(CCc1ccc(C(=O)O)cc1)C(=O)CCN1CCCCC1. The van der Waals surface area contributed by atoms with E-state index in [-0.39, 0.29) is 5.91 Å². The molecular formula is C19H28N2O3. The Balaban J connectivity index is 1.77. The molecule has 1 fully saturated rings. The van der Waals surface area contributed by atoms with Crippen molar-refractivity contribution in [2.45, 2.75) is 39.0 Å². The van der Waals surface area contributed by atoms with Gasteiger partial charge in [-0.2, -0.15) is 0 Å². The van der Waals surface area contributed by atoms with Crippen LogP contribution < -0.4 is 0 Å². The summed E-state index contributed by atoms with van der Waals surface area (Å²) >= 11 is 0. The largest absolute Gasteiger partial charge is 0.478 e. The number of amides is 1. The van der Waals surface area contributed by atoms with E-state index in [2.05, 4.69) is 4.90 Å². The summed E-state index contributed by atoms with van der Waals surface area (Å²) in [7, 11) is 0. The Morgan fingerprint density at radius 1 is 1.12 bits per heavy atom. The summed E-state index contributed by atoms with van der Waals surface area (Å²) in [5.74, 6) is -0.699. The molecule has 0 bridgehead atoms. The third-order valence-electron chi connectivity index (χ3n) is 4.70. The molecule has 1 aromatic carbocycles. The number of benzene rings is 1. The first-order chi connectivity index (χ1) is 11.6. The highest BCUT2D eigenvalue weighted by Crippen LogP contribution is 2.10. The minimum Gasteiger partial charge on any atom is -0.478 e. The molecule has 132 valence electrons. The maximum Gasteiger partial charge on any atom is 0.335 e. The van der Waals surface area contributed by atoms with Gasteiger partial charge in [0, 0.05) is 26.1 Å². The zero-order chi connectivity index (χ0) is 17.4. The lowest BCUT2D eigenvalue weighted by Crippen LogP contribution is -2.37. The van der Waals surface area contributed by atoms with Crippen molar-refractivity contribution in [3.8, 4) is 0 Å². The van der Waals surface area contributed by atoms with Gasteiger partial charge in [-0.05, 0) is 57.0 Å². The molecule has 1 saturated heterocycles. The van der Waals surface area contributed by atoms with Gasteiger partial charge >= 0.3 is 5.97 Å². The minimum absolute atomic E-state index is 0.213. The maximum absolute atomic E-state index is 12.4. The van der Waals surface area contributed by atoms with Gasteiger partial charge in [-0.15, -0.1) is 0 Å². The fourth-order valence-electron chi connectivity index (χ4n) is 3.13.